The fourth-order valence-corrected chi connectivity index (χ4v) is 1.30. The molecule has 16 heavy (non-hydrogen) atoms. The average molecular weight is 227 g/mol. The Morgan fingerprint density at radius 1 is 1.44 bits per heavy atom. The van der Waals surface area contributed by atoms with Crippen molar-refractivity contribution in [3.8, 4) is 0 Å². The summed E-state index contributed by atoms with van der Waals surface area (Å²) in [5, 5.41) is 5.49. The Labute approximate surface area is 96.1 Å². The molecular weight excluding hydrogens is 206 g/mol. The number of carbonyl (C=O) groups is 2. The number of amides is 2. The molecule has 0 aliphatic heterocycles. The normalized spacial score (nSPS) is 18.7. The summed E-state index contributed by atoms with van der Waals surface area (Å²) in [5.41, 5.74) is 5.66. The van der Waals surface area contributed by atoms with Crippen molar-refractivity contribution in [2.75, 3.05) is 0 Å². The highest BCUT2D eigenvalue weighted by Gasteiger charge is 2.26. The molecule has 5 nitrogen and oxygen atoms in total. The summed E-state index contributed by atoms with van der Waals surface area (Å²) < 4.78 is 0. The van der Waals surface area contributed by atoms with Gasteiger partial charge in [0.2, 0.25) is 11.8 Å². The molecule has 4 N–H and O–H groups in total. The van der Waals surface area contributed by atoms with Crippen LogP contribution in [0.25, 0.3) is 0 Å². The van der Waals surface area contributed by atoms with E-state index in [4.69, 9.17) is 5.73 Å². The standard InChI is InChI=1S/C11H21N3O2/c1-3-8(12)6-10(15)13-7(2)11(16)14-9-4-5-9/h7-9H,3-6,12H2,1-2H3,(H,13,15)(H,14,16). The predicted octanol–water partition coefficient (Wildman–Crippen LogP) is -0.103. The molecule has 2 unspecified atom stereocenters. The van der Waals surface area contributed by atoms with Gasteiger partial charge in [-0.1, -0.05) is 6.92 Å². The zero-order chi connectivity index (χ0) is 12.1. The summed E-state index contributed by atoms with van der Waals surface area (Å²) in [4.78, 5) is 23.0. The molecule has 5 heteroatoms. The molecule has 1 aliphatic carbocycles. The van der Waals surface area contributed by atoms with Crippen LogP contribution in [0.2, 0.25) is 0 Å². The van der Waals surface area contributed by atoms with Gasteiger partial charge in [0.25, 0.3) is 0 Å². The maximum Gasteiger partial charge on any atom is 0.242 e. The van der Waals surface area contributed by atoms with Crippen molar-refractivity contribution in [2.24, 2.45) is 5.73 Å². The third-order valence-electron chi connectivity index (χ3n) is 2.67. The Balaban J connectivity index is 2.23. The first kappa shape index (κ1) is 13.0. The van der Waals surface area contributed by atoms with Gasteiger partial charge in [0.15, 0.2) is 0 Å². The van der Waals surface area contributed by atoms with E-state index in [2.05, 4.69) is 10.6 Å². The zero-order valence-corrected chi connectivity index (χ0v) is 9.95. The lowest BCUT2D eigenvalue weighted by Crippen LogP contribution is -2.46. The number of carbonyl (C=O) groups excluding carboxylic acids is 2. The summed E-state index contributed by atoms with van der Waals surface area (Å²) in [6.45, 7) is 3.62. The van der Waals surface area contributed by atoms with Crippen LogP contribution in [0.1, 0.15) is 39.5 Å². The first-order valence-electron chi connectivity index (χ1n) is 5.88. The SMILES string of the molecule is CCC(N)CC(=O)NC(C)C(=O)NC1CC1. The number of hydrogen-bond donors (Lipinski definition) is 3. The van der Waals surface area contributed by atoms with E-state index in [0.717, 1.165) is 19.3 Å². The van der Waals surface area contributed by atoms with Crippen molar-refractivity contribution in [1.82, 2.24) is 10.6 Å². The molecule has 2 atom stereocenters. The molecular formula is C11H21N3O2. The Kier molecular flexibility index (Phi) is 4.73. The fraction of sp³-hybridized carbons (Fsp3) is 0.818. The van der Waals surface area contributed by atoms with Gasteiger partial charge in [0.1, 0.15) is 6.04 Å². The molecule has 1 saturated carbocycles. The van der Waals surface area contributed by atoms with Gasteiger partial charge in [-0.3, -0.25) is 9.59 Å². The van der Waals surface area contributed by atoms with Crippen LogP contribution in [0.4, 0.5) is 0 Å². The molecule has 0 aromatic heterocycles. The van der Waals surface area contributed by atoms with Gasteiger partial charge < -0.3 is 16.4 Å². The molecule has 0 radical (unpaired) electrons. The highest BCUT2D eigenvalue weighted by Crippen LogP contribution is 2.18. The van der Waals surface area contributed by atoms with Gasteiger partial charge in [-0.05, 0) is 26.2 Å². The Bertz CT molecular complexity index is 264. The minimum atomic E-state index is -0.475. The summed E-state index contributed by atoms with van der Waals surface area (Å²) in [5.74, 6) is -0.270. The minimum Gasteiger partial charge on any atom is -0.352 e. The summed E-state index contributed by atoms with van der Waals surface area (Å²) in [6.07, 6.45) is 3.13. The van der Waals surface area contributed by atoms with Crippen molar-refractivity contribution < 1.29 is 9.59 Å². The second-order valence-electron chi connectivity index (χ2n) is 4.44. The summed E-state index contributed by atoms with van der Waals surface area (Å²) in [7, 11) is 0. The number of rotatable bonds is 6. The van der Waals surface area contributed by atoms with E-state index >= 15 is 0 Å². The van der Waals surface area contributed by atoms with Crippen LogP contribution in [0.15, 0.2) is 0 Å². The van der Waals surface area contributed by atoms with Crippen LogP contribution in [0.3, 0.4) is 0 Å². The average Bonchev–Trinajstić information content (AvgIpc) is 3.01. The molecule has 0 heterocycles. The van der Waals surface area contributed by atoms with Gasteiger partial charge in [-0.25, -0.2) is 0 Å². The summed E-state index contributed by atoms with van der Waals surface area (Å²) >= 11 is 0. The Morgan fingerprint density at radius 2 is 2.06 bits per heavy atom. The number of nitrogens with two attached hydrogens (primary N) is 1. The monoisotopic (exact) mass is 227 g/mol. The first-order valence-corrected chi connectivity index (χ1v) is 5.88. The molecule has 2 amide bonds. The smallest absolute Gasteiger partial charge is 0.242 e. The molecule has 0 bridgehead atoms. The molecule has 1 fully saturated rings. The van der Waals surface area contributed by atoms with Crippen molar-refractivity contribution in [1.29, 1.82) is 0 Å². The van der Waals surface area contributed by atoms with E-state index in [9.17, 15) is 9.59 Å². The lowest BCUT2D eigenvalue weighted by atomic mass is 10.1. The van der Waals surface area contributed by atoms with Crippen LogP contribution < -0.4 is 16.4 Å². The van der Waals surface area contributed by atoms with E-state index in [0.29, 0.717) is 6.04 Å². The largest absolute Gasteiger partial charge is 0.352 e. The van der Waals surface area contributed by atoms with Gasteiger partial charge in [0.05, 0.1) is 0 Å². The van der Waals surface area contributed by atoms with Gasteiger partial charge >= 0.3 is 0 Å². The van der Waals surface area contributed by atoms with Crippen molar-refractivity contribution in [2.45, 2.75) is 57.7 Å². The van der Waals surface area contributed by atoms with Crippen molar-refractivity contribution in [3.05, 3.63) is 0 Å². The maximum absolute atomic E-state index is 11.5. The fourth-order valence-electron chi connectivity index (χ4n) is 1.30. The Hall–Kier alpha value is -1.10. The van der Waals surface area contributed by atoms with Crippen LogP contribution in [0, 0.1) is 0 Å². The third kappa shape index (κ3) is 4.61. The van der Waals surface area contributed by atoms with Crippen LogP contribution in [0.5, 0.6) is 0 Å². The minimum absolute atomic E-state index is 0.110. The lowest BCUT2D eigenvalue weighted by molar-refractivity contribution is -0.128. The predicted molar refractivity (Wildman–Crippen MR) is 61.7 cm³/mol. The molecule has 0 saturated heterocycles. The first-order chi connectivity index (χ1) is 7.52. The van der Waals surface area contributed by atoms with Crippen molar-refractivity contribution in [3.63, 3.8) is 0 Å². The second kappa shape index (κ2) is 5.84. The maximum atomic E-state index is 11.5. The van der Waals surface area contributed by atoms with Gasteiger partial charge in [0, 0.05) is 18.5 Å². The van der Waals surface area contributed by atoms with Gasteiger partial charge in [-0.2, -0.15) is 0 Å². The van der Waals surface area contributed by atoms with E-state index in [1.165, 1.54) is 0 Å². The molecule has 0 spiro atoms. The third-order valence-corrected chi connectivity index (χ3v) is 2.67. The van der Waals surface area contributed by atoms with Crippen LogP contribution in [-0.4, -0.2) is 29.9 Å². The number of nitrogens with one attached hydrogen (secondary N) is 2. The highest BCUT2D eigenvalue weighted by molar-refractivity contribution is 5.87. The molecule has 92 valence electrons. The highest BCUT2D eigenvalue weighted by atomic mass is 16.2. The molecule has 1 rings (SSSR count). The summed E-state index contributed by atoms with van der Waals surface area (Å²) in [6, 6.07) is -0.277. The molecule has 1 aliphatic rings. The lowest BCUT2D eigenvalue weighted by Gasteiger charge is -2.15. The zero-order valence-electron chi connectivity index (χ0n) is 9.95. The van der Waals surface area contributed by atoms with Crippen LogP contribution >= 0.6 is 0 Å². The second-order valence-corrected chi connectivity index (χ2v) is 4.44. The van der Waals surface area contributed by atoms with Crippen LogP contribution in [-0.2, 0) is 9.59 Å². The van der Waals surface area contributed by atoms with E-state index < -0.39 is 6.04 Å². The molecule has 0 aromatic rings. The van der Waals surface area contributed by atoms with E-state index in [-0.39, 0.29) is 24.3 Å². The van der Waals surface area contributed by atoms with Gasteiger partial charge in [-0.15, -0.1) is 0 Å². The topological polar surface area (TPSA) is 84.2 Å². The quantitative estimate of drug-likeness (QED) is 0.592. The van der Waals surface area contributed by atoms with E-state index in [1.807, 2.05) is 6.92 Å². The number of hydrogen-bond acceptors (Lipinski definition) is 3. The Morgan fingerprint density at radius 3 is 2.56 bits per heavy atom. The van der Waals surface area contributed by atoms with E-state index in [1.54, 1.807) is 6.92 Å². The van der Waals surface area contributed by atoms with Crippen molar-refractivity contribution >= 4 is 11.8 Å². The molecule has 0 aromatic carbocycles.